The SMILES string of the molecule is CCCCNS(=O)(=O)c1cccc(NC(=O)c2cc(-c3cccnc3)nc3ccccc23)c1. The van der Waals surface area contributed by atoms with Crippen LogP contribution in [0.25, 0.3) is 22.2 Å². The lowest BCUT2D eigenvalue weighted by Gasteiger charge is -2.12. The molecule has 0 aliphatic carbocycles. The summed E-state index contributed by atoms with van der Waals surface area (Å²) in [6.45, 7) is 2.36. The summed E-state index contributed by atoms with van der Waals surface area (Å²) in [5, 5.41) is 3.54. The Labute approximate surface area is 193 Å². The molecule has 7 nitrogen and oxygen atoms in total. The number of carbonyl (C=O) groups excluding carboxylic acids is 1. The summed E-state index contributed by atoms with van der Waals surface area (Å²) in [6.07, 6.45) is 5.01. The van der Waals surface area contributed by atoms with Crippen molar-refractivity contribution in [1.29, 1.82) is 0 Å². The standard InChI is InChI=1S/C25H24N4O3S/c1-2-3-14-27-33(31,32)20-10-6-9-19(15-20)28-25(30)22-16-24(18-8-7-13-26-17-18)29-23-12-5-4-11-21(22)23/h4-13,15-17,27H,2-3,14H2,1H3,(H,28,30). The van der Waals surface area contributed by atoms with Crippen LogP contribution in [-0.4, -0.2) is 30.8 Å². The molecule has 2 heterocycles. The first-order valence-electron chi connectivity index (χ1n) is 10.7. The number of sulfonamides is 1. The van der Waals surface area contributed by atoms with Gasteiger partial charge < -0.3 is 5.32 Å². The van der Waals surface area contributed by atoms with E-state index >= 15 is 0 Å². The minimum absolute atomic E-state index is 0.104. The van der Waals surface area contributed by atoms with E-state index in [2.05, 4.69) is 20.0 Å². The predicted octanol–water partition coefficient (Wildman–Crippen LogP) is 4.63. The Balaban J connectivity index is 1.66. The van der Waals surface area contributed by atoms with E-state index in [0.29, 0.717) is 34.4 Å². The van der Waals surface area contributed by atoms with Gasteiger partial charge in [-0.2, -0.15) is 0 Å². The van der Waals surface area contributed by atoms with Gasteiger partial charge in [0.15, 0.2) is 0 Å². The topological polar surface area (TPSA) is 101 Å². The number of nitrogens with one attached hydrogen (secondary N) is 2. The molecule has 0 aliphatic rings. The number of carbonyl (C=O) groups is 1. The van der Waals surface area contributed by atoms with E-state index in [-0.39, 0.29) is 10.8 Å². The zero-order valence-corrected chi connectivity index (χ0v) is 19.0. The highest BCUT2D eigenvalue weighted by Crippen LogP contribution is 2.25. The second-order valence-corrected chi connectivity index (χ2v) is 9.31. The van der Waals surface area contributed by atoms with E-state index in [1.54, 1.807) is 30.6 Å². The molecule has 2 aromatic carbocycles. The summed E-state index contributed by atoms with van der Waals surface area (Å²) in [5.41, 5.74) is 2.93. The second kappa shape index (κ2) is 9.89. The molecule has 0 radical (unpaired) electrons. The summed E-state index contributed by atoms with van der Waals surface area (Å²) in [5.74, 6) is -0.354. The number of para-hydroxylation sites is 1. The Morgan fingerprint density at radius 2 is 1.85 bits per heavy atom. The monoisotopic (exact) mass is 460 g/mol. The van der Waals surface area contributed by atoms with Crippen LogP contribution in [0.15, 0.2) is 84.0 Å². The highest BCUT2D eigenvalue weighted by atomic mass is 32.2. The average Bonchev–Trinajstić information content (AvgIpc) is 2.84. The van der Waals surface area contributed by atoms with Crippen LogP contribution in [0.3, 0.4) is 0 Å². The number of hydrogen-bond acceptors (Lipinski definition) is 5. The van der Waals surface area contributed by atoms with Crippen molar-refractivity contribution in [2.45, 2.75) is 24.7 Å². The van der Waals surface area contributed by atoms with Gasteiger partial charge >= 0.3 is 0 Å². The van der Waals surface area contributed by atoms with Crippen LogP contribution in [0.4, 0.5) is 5.69 Å². The summed E-state index contributed by atoms with van der Waals surface area (Å²) >= 11 is 0. The third-order valence-corrected chi connectivity index (χ3v) is 6.60. The van der Waals surface area contributed by atoms with Gasteiger partial charge in [-0.25, -0.2) is 18.1 Å². The molecule has 0 saturated heterocycles. The van der Waals surface area contributed by atoms with Crippen LogP contribution in [0.5, 0.6) is 0 Å². The maximum Gasteiger partial charge on any atom is 0.256 e. The first-order valence-corrected chi connectivity index (χ1v) is 12.2. The number of fused-ring (bicyclic) bond motifs is 1. The van der Waals surface area contributed by atoms with Gasteiger partial charge in [-0.1, -0.05) is 37.6 Å². The van der Waals surface area contributed by atoms with Gasteiger partial charge in [-0.05, 0) is 48.9 Å². The van der Waals surface area contributed by atoms with Crippen LogP contribution < -0.4 is 10.0 Å². The van der Waals surface area contributed by atoms with Crippen LogP contribution in [0, 0.1) is 0 Å². The molecule has 4 rings (SSSR count). The summed E-state index contributed by atoms with van der Waals surface area (Å²) in [7, 11) is -3.65. The molecule has 2 aromatic heterocycles. The molecule has 0 unspecified atom stereocenters. The number of aromatic nitrogens is 2. The number of unbranched alkanes of at least 4 members (excludes halogenated alkanes) is 1. The lowest BCUT2D eigenvalue weighted by molar-refractivity contribution is 0.102. The Kier molecular flexibility index (Phi) is 6.76. The van der Waals surface area contributed by atoms with Crippen molar-refractivity contribution in [1.82, 2.24) is 14.7 Å². The van der Waals surface area contributed by atoms with Gasteiger partial charge in [0.25, 0.3) is 5.91 Å². The molecule has 0 aliphatic heterocycles. The van der Waals surface area contributed by atoms with Crippen molar-refractivity contribution in [2.24, 2.45) is 0 Å². The summed E-state index contributed by atoms with van der Waals surface area (Å²) in [4.78, 5) is 22.2. The van der Waals surface area contributed by atoms with E-state index in [9.17, 15) is 13.2 Å². The van der Waals surface area contributed by atoms with E-state index in [4.69, 9.17) is 0 Å². The molecule has 168 valence electrons. The molecular formula is C25H24N4O3S. The van der Waals surface area contributed by atoms with E-state index in [1.165, 1.54) is 12.1 Å². The van der Waals surface area contributed by atoms with Gasteiger partial charge in [0.1, 0.15) is 0 Å². The Bertz CT molecular complexity index is 1390. The lowest BCUT2D eigenvalue weighted by Crippen LogP contribution is -2.24. The maximum atomic E-state index is 13.3. The lowest BCUT2D eigenvalue weighted by atomic mass is 10.0. The van der Waals surface area contributed by atoms with Crippen molar-refractivity contribution < 1.29 is 13.2 Å². The number of benzene rings is 2. The molecule has 2 N–H and O–H groups in total. The molecule has 0 spiro atoms. The van der Waals surface area contributed by atoms with Crippen molar-refractivity contribution in [3.05, 3.63) is 84.7 Å². The van der Waals surface area contributed by atoms with Crippen molar-refractivity contribution in [2.75, 3.05) is 11.9 Å². The Hall–Kier alpha value is -3.62. The molecule has 0 bridgehead atoms. The van der Waals surface area contributed by atoms with Crippen molar-refractivity contribution in [3.8, 4) is 11.3 Å². The molecule has 0 saturated carbocycles. The minimum Gasteiger partial charge on any atom is -0.322 e. The fraction of sp³-hybridized carbons (Fsp3) is 0.160. The smallest absolute Gasteiger partial charge is 0.256 e. The Morgan fingerprint density at radius 3 is 2.64 bits per heavy atom. The minimum atomic E-state index is -3.65. The first kappa shape index (κ1) is 22.6. The molecule has 0 fully saturated rings. The number of anilines is 1. The van der Waals surface area contributed by atoms with Gasteiger partial charge in [-0.15, -0.1) is 0 Å². The first-order chi connectivity index (χ1) is 16.0. The van der Waals surface area contributed by atoms with E-state index in [1.807, 2.05) is 43.3 Å². The van der Waals surface area contributed by atoms with E-state index < -0.39 is 10.0 Å². The third kappa shape index (κ3) is 5.24. The van der Waals surface area contributed by atoms with Gasteiger partial charge in [0.05, 0.1) is 21.7 Å². The predicted molar refractivity (Wildman–Crippen MR) is 129 cm³/mol. The largest absolute Gasteiger partial charge is 0.322 e. The molecule has 4 aromatic rings. The van der Waals surface area contributed by atoms with E-state index in [0.717, 1.165) is 18.4 Å². The van der Waals surface area contributed by atoms with Crippen molar-refractivity contribution >= 4 is 32.5 Å². The highest BCUT2D eigenvalue weighted by molar-refractivity contribution is 7.89. The van der Waals surface area contributed by atoms with Crippen molar-refractivity contribution in [3.63, 3.8) is 0 Å². The van der Waals surface area contributed by atoms with Crippen LogP contribution in [0.1, 0.15) is 30.1 Å². The molecule has 33 heavy (non-hydrogen) atoms. The van der Waals surface area contributed by atoms with Crippen LogP contribution in [-0.2, 0) is 10.0 Å². The molecule has 1 amide bonds. The fourth-order valence-electron chi connectivity index (χ4n) is 3.43. The maximum absolute atomic E-state index is 13.3. The second-order valence-electron chi connectivity index (χ2n) is 7.55. The highest BCUT2D eigenvalue weighted by Gasteiger charge is 2.17. The number of nitrogens with zero attached hydrogens (tertiary/aromatic N) is 2. The number of pyridine rings is 2. The number of rotatable bonds is 8. The average molecular weight is 461 g/mol. The van der Waals surface area contributed by atoms with Gasteiger partial charge in [-0.3, -0.25) is 9.78 Å². The number of amides is 1. The number of hydrogen-bond donors (Lipinski definition) is 2. The quantitative estimate of drug-likeness (QED) is 0.374. The zero-order chi connectivity index (χ0) is 23.3. The summed E-state index contributed by atoms with van der Waals surface area (Å²) < 4.78 is 27.7. The van der Waals surface area contributed by atoms with Crippen LogP contribution in [0.2, 0.25) is 0 Å². The molecule has 0 atom stereocenters. The Morgan fingerprint density at radius 1 is 1.00 bits per heavy atom. The normalized spacial score (nSPS) is 11.4. The molecular weight excluding hydrogens is 436 g/mol. The third-order valence-electron chi connectivity index (χ3n) is 5.14. The van der Waals surface area contributed by atoms with Crippen LogP contribution >= 0.6 is 0 Å². The molecule has 8 heteroatoms. The zero-order valence-electron chi connectivity index (χ0n) is 18.2. The van der Waals surface area contributed by atoms with Gasteiger partial charge in [0.2, 0.25) is 10.0 Å². The summed E-state index contributed by atoms with van der Waals surface area (Å²) in [6, 6.07) is 19.0. The van der Waals surface area contributed by atoms with Gasteiger partial charge in [0, 0.05) is 35.6 Å². The fourth-order valence-corrected chi connectivity index (χ4v) is 4.55.